The topological polar surface area (TPSA) is 32.3 Å². The molecule has 2 heterocycles. The first-order chi connectivity index (χ1) is 9.45. The molecule has 0 saturated carbocycles. The van der Waals surface area contributed by atoms with Crippen molar-refractivity contribution in [3.05, 3.63) is 21.9 Å². The molecular formula is C15H24N2OS2. The number of thioether (sulfide) groups is 1. The molecule has 5 heteroatoms. The van der Waals surface area contributed by atoms with Gasteiger partial charge in [0.25, 0.3) is 0 Å². The fourth-order valence-electron chi connectivity index (χ4n) is 2.70. The minimum atomic E-state index is -0.0632. The smallest absolute Gasteiger partial charge is 0.241 e. The van der Waals surface area contributed by atoms with Gasteiger partial charge in [0.2, 0.25) is 5.91 Å². The van der Waals surface area contributed by atoms with Gasteiger partial charge in [-0.2, -0.15) is 11.8 Å². The molecule has 0 aromatic carbocycles. The van der Waals surface area contributed by atoms with Gasteiger partial charge >= 0.3 is 0 Å². The highest BCUT2D eigenvalue weighted by molar-refractivity contribution is 7.98. The van der Waals surface area contributed by atoms with Crippen molar-refractivity contribution in [1.82, 2.24) is 10.2 Å². The largest absolute Gasteiger partial charge is 0.317 e. The van der Waals surface area contributed by atoms with Crippen LogP contribution in [0, 0.1) is 12.8 Å². The van der Waals surface area contributed by atoms with Crippen molar-refractivity contribution in [3.63, 3.8) is 0 Å². The molecule has 112 valence electrons. The van der Waals surface area contributed by atoms with Gasteiger partial charge in [-0.1, -0.05) is 13.8 Å². The van der Waals surface area contributed by atoms with Crippen molar-refractivity contribution in [2.45, 2.75) is 45.9 Å². The Morgan fingerprint density at radius 1 is 1.40 bits per heavy atom. The fraction of sp³-hybridized carbons (Fsp3) is 0.667. The van der Waals surface area contributed by atoms with Crippen LogP contribution >= 0.6 is 23.1 Å². The second kappa shape index (κ2) is 6.50. The normalized spacial score (nSPS) is 24.7. The minimum Gasteiger partial charge on any atom is -0.317 e. The van der Waals surface area contributed by atoms with Gasteiger partial charge in [0, 0.05) is 21.5 Å². The summed E-state index contributed by atoms with van der Waals surface area (Å²) >= 11 is 3.57. The van der Waals surface area contributed by atoms with Gasteiger partial charge in [-0.05, 0) is 38.2 Å². The Hall–Kier alpha value is -0.520. The molecule has 1 saturated heterocycles. The van der Waals surface area contributed by atoms with E-state index in [2.05, 4.69) is 51.4 Å². The Morgan fingerprint density at radius 2 is 2.10 bits per heavy atom. The maximum absolute atomic E-state index is 12.7. The molecular weight excluding hydrogens is 288 g/mol. The molecule has 3 nitrogen and oxygen atoms in total. The third-order valence-corrected chi connectivity index (χ3v) is 5.59. The van der Waals surface area contributed by atoms with Crippen LogP contribution in [0.15, 0.2) is 12.1 Å². The van der Waals surface area contributed by atoms with Crippen molar-refractivity contribution >= 4 is 29.0 Å². The summed E-state index contributed by atoms with van der Waals surface area (Å²) < 4.78 is 0. The number of aryl methyl sites for hydroxylation is 1. The zero-order chi connectivity index (χ0) is 14.9. The van der Waals surface area contributed by atoms with Gasteiger partial charge < -0.3 is 4.90 Å². The second-order valence-corrected chi connectivity index (χ2v) is 8.02. The maximum atomic E-state index is 12.7. The Morgan fingerprint density at radius 3 is 2.60 bits per heavy atom. The molecule has 1 aromatic heterocycles. The first kappa shape index (κ1) is 15.9. The average Bonchev–Trinajstić information content (AvgIpc) is 2.93. The highest BCUT2D eigenvalue weighted by Crippen LogP contribution is 2.34. The summed E-state index contributed by atoms with van der Waals surface area (Å²) in [7, 11) is 0. The van der Waals surface area contributed by atoms with Crippen LogP contribution in [0.3, 0.4) is 0 Å². The number of hydrogen-bond acceptors (Lipinski definition) is 4. The lowest BCUT2D eigenvalue weighted by molar-refractivity contribution is -0.132. The molecule has 1 aliphatic heterocycles. The fourth-order valence-corrected chi connectivity index (χ4v) is 4.28. The number of nitrogens with zero attached hydrogens (tertiary/aromatic N) is 1. The van der Waals surface area contributed by atoms with Crippen molar-refractivity contribution in [2.75, 3.05) is 12.0 Å². The molecule has 1 amide bonds. The van der Waals surface area contributed by atoms with E-state index in [4.69, 9.17) is 0 Å². The van der Waals surface area contributed by atoms with Gasteiger partial charge in [0.1, 0.15) is 6.17 Å². The molecule has 0 spiro atoms. The quantitative estimate of drug-likeness (QED) is 0.906. The van der Waals surface area contributed by atoms with Crippen molar-refractivity contribution in [2.24, 2.45) is 5.92 Å². The Bertz CT molecular complexity index is 472. The molecule has 1 aromatic rings. The molecule has 1 N–H and O–H groups in total. The predicted molar refractivity (Wildman–Crippen MR) is 88.2 cm³/mol. The third-order valence-electron chi connectivity index (χ3n) is 3.72. The molecule has 0 aliphatic carbocycles. The van der Waals surface area contributed by atoms with Crippen LogP contribution < -0.4 is 5.32 Å². The number of carbonyl (C=O) groups is 1. The zero-order valence-electron chi connectivity index (χ0n) is 12.8. The zero-order valence-corrected chi connectivity index (χ0v) is 14.5. The maximum Gasteiger partial charge on any atom is 0.241 e. The summed E-state index contributed by atoms with van der Waals surface area (Å²) in [4.78, 5) is 17.3. The van der Waals surface area contributed by atoms with Gasteiger partial charge in [0.05, 0.1) is 6.04 Å². The number of rotatable bonds is 5. The summed E-state index contributed by atoms with van der Waals surface area (Å²) in [6.07, 6.45) is 2.13. The van der Waals surface area contributed by atoms with E-state index in [1.54, 1.807) is 23.1 Å². The molecule has 0 radical (unpaired) electrons. The van der Waals surface area contributed by atoms with Crippen LogP contribution in [-0.4, -0.2) is 34.9 Å². The number of nitrogens with one attached hydrogen (secondary N) is 1. The summed E-state index contributed by atoms with van der Waals surface area (Å²) in [6, 6.07) is 4.46. The summed E-state index contributed by atoms with van der Waals surface area (Å²) in [5.41, 5.74) is 0. The summed E-state index contributed by atoms with van der Waals surface area (Å²) in [5, 5.41) is 3.54. The predicted octanol–water partition coefficient (Wildman–Crippen LogP) is 3.26. The highest BCUT2D eigenvalue weighted by Gasteiger charge is 2.43. The monoisotopic (exact) mass is 312 g/mol. The van der Waals surface area contributed by atoms with Gasteiger partial charge in [-0.15, -0.1) is 11.3 Å². The Kier molecular flexibility index (Phi) is 5.15. The molecule has 3 atom stereocenters. The van der Waals surface area contributed by atoms with Gasteiger partial charge in [-0.3, -0.25) is 10.1 Å². The van der Waals surface area contributed by atoms with E-state index in [0.29, 0.717) is 5.92 Å². The lowest BCUT2D eigenvalue weighted by Gasteiger charge is -2.29. The van der Waals surface area contributed by atoms with E-state index in [1.165, 1.54) is 9.75 Å². The molecule has 2 rings (SSSR count). The van der Waals surface area contributed by atoms with Gasteiger partial charge in [-0.25, -0.2) is 0 Å². The van der Waals surface area contributed by atoms with Crippen molar-refractivity contribution < 1.29 is 4.79 Å². The minimum absolute atomic E-state index is 0.0377. The molecule has 20 heavy (non-hydrogen) atoms. The summed E-state index contributed by atoms with van der Waals surface area (Å²) in [6.45, 7) is 8.47. The van der Waals surface area contributed by atoms with Crippen molar-refractivity contribution in [1.29, 1.82) is 0 Å². The molecule has 1 aliphatic rings. The van der Waals surface area contributed by atoms with Crippen LogP contribution in [0.2, 0.25) is 0 Å². The van der Waals surface area contributed by atoms with E-state index >= 15 is 0 Å². The number of carbonyl (C=O) groups excluding carboxylic acids is 1. The lowest BCUT2D eigenvalue weighted by Crippen LogP contribution is -2.40. The van der Waals surface area contributed by atoms with Crippen LogP contribution in [0.5, 0.6) is 0 Å². The molecule has 3 unspecified atom stereocenters. The van der Waals surface area contributed by atoms with E-state index in [1.807, 2.05) is 4.90 Å². The van der Waals surface area contributed by atoms with E-state index in [0.717, 1.165) is 5.75 Å². The first-order valence-corrected chi connectivity index (χ1v) is 9.30. The van der Waals surface area contributed by atoms with E-state index in [-0.39, 0.29) is 24.2 Å². The van der Waals surface area contributed by atoms with Gasteiger partial charge in [0.15, 0.2) is 0 Å². The van der Waals surface area contributed by atoms with Crippen LogP contribution in [0.1, 0.15) is 36.7 Å². The Labute approximate surface area is 130 Å². The lowest BCUT2D eigenvalue weighted by atomic mass is 10.0. The second-order valence-electron chi connectivity index (χ2n) is 5.79. The Balaban J connectivity index is 2.29. The van der Waals surface area contributed by atoms with E-state index < -0.39 is 0 Å². The molecule has 0 bridgehead atoms. The number of hydrogen-bond donors (Lipinski definition) is 1. The van der Waals surface area contributed by atoms with E-state index in [9.17, 15) is 4.79 Å². The van der Waals surface area contributed by atoms with Crippen LogP contribution in [-0.2, 0) is 4.79 Å². The van der Waals surface area contributed by atoms with Crippen LogP contribution in [0.25, 0.3) is 0 Å². The highest BCUT2D eigenvalue weighted by atomic mass is 32.2. The first-order valence-electron chi connectivity index (χ1n) is 7.09. The SMILES string of the molecule is CSCC(C)N1C(=O)C(C(C)C)NC1c1ccc(C)s1. The molecule has 1 fully saturated rings. The summed E-state index contributed by atoms with van der Waals surface area (Å²) in [5.74, 6) is 1.54. The third kappa shape index (κ3) is 3.05. The van der Waals surface area contributed by atoms with Crippen molar-refractivity contribution in [3.8, 4) is 0 Å². The number of thiophene rings is 1. The average molecular weight is 313 g/mol. The van der Waals surface area contributed by atoms with Crippen LogP contribution in [0.4, 0.5) is 0 Å². The standard InChI is InChI=1S/C15H24N2OS2/c1-9(2)13-15(18)17(10(3)8-19-5)14(16-13)12-7-6-11(4)20-12/h6-7,9-10,13-14,16H,8H2,1-5H3. The number of amides is 1.